The second-order valence-electron chi connectivity index (χ2n) is 5.58. The lowest BCUT2D eigenvalue weighted by molar-refractivity contribution is -0.0508. The van der Waals surface area contributed by atoms with Crippen LogP contribution in [0, 0.1) is 0 Å². The SMILES string of the molecule is Nc1ncnc2c1nc(Br)n2[C@@H]1O[C@H](COP(=O)(O)O)[C@@H](O)[C@H]1OP(=O)(O)O. The minimum Gasteiger partial charge on any atom is -0.387 e. The Kier molecular flexibility index (Phi) is 5.93. The summed E-state index contributed by atoms with van der Waals surface area (Å²) < 4.78 is 38.0. The number of ether oxygens (including phenoxy) is 1. The Balaban J connectivity index is 2.02. The average Bonchev–Trinajstić information content (AvgIpc) is 3.02. The van der Waals surface area contributed by atoms with Crippen molar-refractivity contribution in [2.24, 2.45) is 0 Å². The van der Waals surface area contributed by atoms with Crippen LogP contribution in [-0.4, -0.2) is 69.1 Å². The van der Waals surface area contributed by atoms with Crippen molar-refractivity contribution in [3.05, 3.63) is 11.1 Å². The second kappa shape index (κ2) is 7.66. The average molecular weight is 506 g/mol. The van der Waals surface area contributed by atoms with E-state index in [4.69, 9.17) is 30.0 Å². The maximum Gasteiger partial charge on any atom is 0.470 e. The Morgan fingerprint density at radius 3 is 2.54 bits per heavy atom. The van der Waals surface area contributed by atoms with Crippen LogP contribution in [0.25, 0.3) is 11.2 Å². The number of nitrogens with zero attached hydrogens (tertiary/aromatic N) is 4. The van der Waals surface area contributed by atoms with Gasteiger partial charge in [-0.25, -0.2) is 24.1 Å². The first-order valence-corrected chi connectivity index (χ1v) is 11.1. The van der Waals surface area contributed by atoms with Crippen LogP contribution < -0.4 is 5.73 Å². The lowest BCUT2D eigenvalue weighted by Crippen LogP contribution is -2.35. The zero-order valence-electron chi connectivity index (χ0n) is 13.5. The van der Waals surface area contributed by atoms with Crippen LogP contribution in [-0.2, 0) is 22.9 Å². The van der Waals surface area contributed by atoms with E-state index in [0.29, 0.717) is 0 Å². The molecule has 18 heteroatoms. The largest absolute Gasteiger partial charge is 0.470 e. The van der Waals surface area contributed by atoms with Gasteiger partial charge in [0.25, 0.3) is 0 Å². The Labute approximate surface area is 164 Å². The minimum atomic E-state index is -5.10. The first-order valence-electron chi connectivity index (χ1n) is 7.29. The van der Waals surface area contributed by atoms with Crippen LogP contribution in [0.2, 0.25) is 0 Å². The zero-order valence-corrected chi connectivity index (χ0v) is 16.9. The highest BCUT2D eigenvalue weighted by atomic mass is 79.9. The van der Waals surface area contributed by atoms with Gasteiger partial charge < -0.3 is 35.2 Å². The standard InChI is InChI=1S/C10H14BrN5O10P2/c11-10-15-4-7(12)13-2-14-8(4)16(10)9-6(26-28(21,22)23)5(17)3(25-9)1-24-27(18,19)20/h2-3,5-6,9,17H,1H2,(H2,12,13,14)(H2,18,19,20)(H2,21,22,23)/t3-,5-,6-,9-/m1/s1. The molecule has 0 radical (unpaired) electrons. The van der Waals surface area contributed by atoms with E-state index in [2.05, 4.69) is 39.9 Å². The highest BCUT2D eigenvalue weighted by molar-refractivity contribution is 9.10. The predicted octanol–water partition coefficient (Wildman–Crippen LogP) is -0.984. The number of anilines is 1. The van der Waals surface area contributed by atoms with Crippen molar-refractivity contribution in [2.45, 2.75) is 24.5 Å². The van der Waals surface area contributed by atoms with Gasteiger partial charge in [0, 0.05) is 0 Å². The Morgan fingerprint density at radius 2 is 1.93 bits per heavy atom. The third kappa shape index (κ3) is 4.58. The number of aliphatic hydroxyl groups excluding tert-OH is 1. The summed E-state index contributed by atoms with van der Waals surface area (Å²) >= 11 is 3.13. The normalized spacial score (nSPS) is 26.2. The molecule has 3 rings (SSSR count). The number of halogens is 1. The summed E-state index contributed by atoms with van der Waals surface area (Å²) in [6.45, 7) is -0.787. The summed E-state index contributed by atoms with van der Waals surface area (Å²) in [5, 5.41) is 10.4. The van der Waals surface area contributed by atoms with Crippen molar-refractivity contribution >= 4 is 48.6 Å². The second-order valence-corrected chi connectivity index (χ2v) is 8.73. The molecule has 1 saturated heterocycles. The van der Waals surface area contributed by atoms with Gasteiger partial charge in [-0.1, -0.05) is 0 Å². The molecule has 1 aliphatic heterocycles. The fraction of sp³-hybridized carbons (Fsp3) is 0.500. The molecule has 1 fully saturated rings. The molecule has 15 nitrogen and oxygen atoms in total. The van der Waals surface area contributed by atoms with Crippen molar-refractivity contribution in [1.29, 1.82) is 0 Å². The molecule has 0 spiro atoms. The van der Waals surface area contributed by atoms with Crippen LogP contribution in [0.1, 0.15) is 6.23 Å². The van der Waals surface area contributed by atoms with Gasteiger partial charge >= 0.3 is 15.6 Å². The number of rotatable bonds is 6. The molecule has 0 amide bonds. The summed E-state index contributed by atoms with van der Waals surface area (Å²) in [5.41, 5.74) is 5.95. The summed E-state index contributed by atoms with van der Waals surface area (Å²) in [5.74, 6) is 0.0110. The molecule has 1 aliphatic rings. The van der Waals surface area contributed by atoms with E-state index in [0.717, 1.165) is 6.33 Å². The highest BCUT2D eigenvalue weighted by Crippen LogP contribution is 2.47. The third-order valence-corrected chi connectivity index (χ3v) is 5.26. The molecule has 28 heavy (non-hydrogen) atoms. The maximum atomic E-state index is 11.3. The third-order valence-electron chi connectivity index (χ3n) is 3.70. The number of nitrogens with two attached hydrogens (primary N) is 1. The molecule has 3 heterocycles. The smallest absolute Gasteiger partial charge is 0.387 e. The molecule has 0 bridgehead atoms. The van der Waals surface area contributed by atoms with E-state index in [1.165, 1.54) is 4.57 Å². The van der Waals surface area contributed by atoms with Gasteiger partial charge in [0.2, 0.25) is 0 Å². The van der Waals surface area contributed by atoms with Gasteiger partial charge in [0.15, 0.2) is 27.9 Å². The molecule has 4 atom stereocenters. The quantitative estimate of drug-likeness (QED) is 0.204. The summed E-state index contributed by atoms with van der Waals surface area (Å²) in [6, 6.07) is 0. The lowest BCUT2D eigenvalue weighted by atomic mass is 10.1. The molecule has 156 valence electrons. The number of nitrogen functional groups attached to an aromatic ring is 1. The number of hydrogen-bond acceptors (Lipinski definition) is 10. The Hall–Kier alpha value is -1.03. The molecular weight excluding hydrogens is 492 g/mol. The van der Waals surface area contributed by atoms with E-state index >= 15 is 0 Å². The zero-order chi connectivity index (χ0) is 20.9. The first kappa shape index (κ1) is 21.7. The number of hydrogen-bond donors (Lipinski definition) is 6. The fourth-order valence-electron chi connectivity index (χ4n) is 2.63. The Morgan fingerprint density at radius 1 is 1.25 bits per heavy atom. The van der Waals surface area contributed by atoms with Gasteiger partial charge in [-0.15, -0.1) is 0 Å². The number of fused-ring (bicyclic) bond motifs is 1. The molecule has 0 saturated carbocycles. The minimum absolute atomic E-state index is 0.0110. The van der Waals surface area contributed by atoms with Gasteiger partial charge in [-0.2, -0.15) is 0 Å². The summed E-state index contributed by atoms with van der Waals surface area (Å²) in [6.07, 6.45) is -5.11. The van der Waals surface area contributed by atoms with Crippen LogP contribution in [0.15, 0.2) is 11.1 Å². The number of aliphatic hydroxyl groups is 1. The molecule has 0 aliphatic carbocycles. The van der Waals surface area contributed by atoms with Crippen LogP contribution >= 0.6 is 31.6 Å². The number of imidazole rings is 1. The van der Waals surface area contributed by atoms with Crippen molar-refractivity contribution in [2.75, 3.05) is 12.3 Å². The van der Waals surface area contributed by atoms with E-state index in [1.807, 2.05) is 0 Å². The lowest BCUT2D eigenvalue weighted by Gasteiger charge is -2.22. The van der Waals surface area contributed by atoms with Crippen molar-refractivity contribution in [3.8, 4) is 0 Å². The van der Waals surface area contributed by atoms with E-state index < -0.39 is 46.8 Å². The fourth-order valence-corrected chi connectivity index (χ4v) is 4.07. The van der Waals surface area contributed by atoms with Crippen LogP contribution in [0.4, 0.5) is 5.82 Å². The molecule has 2 aromatic heterocycles. The first-order chi connectivity index (χ1) is 12.9. The van der Waals surface area contributed by atoms with Gasteiger partial charge in [0.1, 0.15) is 24.6 Å². The molecule has 2 aromatic rings. The van der Waals surface area contributed by atoms with E-state index in [9.17, 15) is 14.2 Å². The monoisotopic (exact) mass is 505 g/mol. The van der Waals surface area contributed by atoms with Crippen molar-refractivity contribution in [3.63, 3.8) is 0 Å². The maximum absolute atomic E-state index is 11.3. The molecular formula is C10H14BrN5O10P2. The van der Waals surface area contributed by atoms with E-state index in [1.54, 1.807) is 0 Å². The van der Waals surface area contributed by atoms with Crippen molar-refractivity contribution in [1.82, 2.24) is 19.5 Å². The highest BCUT2D eigenvalue weighted by Gasteiger charge is 2.50. The summed E-state index contributed by atoms with van der Waals surface area (Å²) in [4.78, 5) is 47.8. The topological polar surface area (TPSA) is 233 Å². The number of aromatic nitrogens is 4. The summed E-state index contributed by atoms with van der Waals surface area (Å²) in [7, 11) is -9.99. The predicted molar refractivity (Wildman–Crippen MR) is 92.3 cm³/mol. The van der Waals surface area contributed by atoms with Crippen LogP contribution in [0.5, 0.6) is 0 Å². The Bertz CT molecular complexity index is 977. The van der Waals surface area contributed by atoms with Gasteiger partial charge in [0.05, 0.1) is 6.61 Å². The van der Waals surface area contributed by atoms with E-state index in [-0.39, 0.29) is 21.7 Å². The van der Waals surface area contributed by atoms with Gasteiger partial charge in [-0.05, 0) is 15.9 Å². The van der Waals surface area contributed by atoms with Crippen molar-refractivity contribution < 1.29 is 47.6 Å². The van der Waals surface area contributed by atoms with Crippen LogP contribution in [0.3, 0.4) is 0 Å². The molecule has 0 unspecified atom stereocenters. The van der Waals surface area contributed by atoms with Gasteiger partial charge in [-0.3, -0.25) is 13.6 Å². The number of phosphoric acid groups is 2. The molecule has 0 aromatic carbocycles. The molecule has 7 N–H and O–H groups in total. The number of phosphoric ester groups is 2.